The van der Waals surface area contributed by atoms with Crippen LogP contribution in [0.3, 0.4) is 0 Å². The molecule has 162 valence electrons. The fraction of sp³-hybridized carbons (Fsp3) is 0.348. The van der Waals surface area contributed by atoms with Crippen LogP contribution in [0.1, 0.15) is 38.4 Å². The summed E-state index contributed by atoms with van der Waals surface area (Å²) in [7, 11) is 0. The predicted molar refractivity (Wildman–Crippen MR) is 126 cm³/mol. The number of carbonyl (C=O) groups is 2. The fourth-order valence-electron chi connectivity index (χ4n) is 3.90. The van der Waals surface area contributed by atoms with Crippen LogP contribution in [-0.2, 0) is 9.59 Å². The van der Waals surface area contributed by atoms with Crippen molar-refractivity contribution in [2.24, 2.45) is 0 Å². The van der Waals surface area contributed by atoms with Crippen LogP contribution in [0.25, 0.3) is 6.08 Å². The summed E-state index contributed by atoms with van der Waals surface area (Å²) in [6.45, 7) is 4.07. The number of thiocarbonyl (C=S) groups is 1. The van der Waals surface area contributed by atoms with Crippen LogP contribution >= 0.6 is 23.8 Å². The Morgan fingerprint density at radius 1 is 1.00 bits per heavy atom. The second kappa shape index (κ2) is 9.24. The van der Waals surface area contributed by atoms with Crippen LogP contribution in [0, 0.1) is 0 Å². The number of hydrogen-bond donors (Lipinski definition) is 0. The lowest BCUT2D eigenvalue weighted by atomic mass is 10.1. The number of nitrogens with zero attached hydrogens (tertiary/aromatic N) is 3. The Morgan fingerprint density at radius 2 is 1.68 bits per heavy atom. The normalized spacial score (nSPS) is 19.4. The minimum absolute atomic E-state index is 0.0159. The summed E-state index contributed by atoms with van der Waals surface area (Å²) in [6.07, 6.45) is 6.23. The molecule has 0 bridgehead atoms. The van der Waals surface area contributed by atoms with E-state index in [1.165, 1.54) is 28.7 Å². The van der Waals surface area contributed by atoms with Gasteiger partial charge in [-0.2, -0.15) is 0 Å². The molecule has 0 atom stereocenters. The summed E-state index contributed by atoms with van der Waals surface area (Å²) in [5, 5.41) is 0.705. The molecule has 2 aliphatic heterocycles. The van der Waals surface area contributed by atoms with E-state index in [9.17, 15) is 9.59 Å². The van der Waals surface area contributed by atoms with Crippen LogP contribution in [0.4, 0.5) is 11.6 Å². The van der Waals surface area contributed by atoms with Gasteiger partial charge in [0.05, 0.1) is 5.69 Å². The highest BCUT2D eigenvalue weighted by atomic mass is 35.5. The van der Waals surface area contributed by atoms with Crippen molar-refractivity contribution >= 4 is 58.4 Å². The van der Waals surface area contributed by atoms with Crippen LogP contribution in [0.2, 0.25) is 5.02 Å². The number of benzene rings is 1. The molecular weight excluding hydrogens is 434 g/mol. The number of carbonyl (C=O) groups excluding carboxylic acids is 2. The van der Waals surface area contributed by atoms with Gasteiger partial charge in [0.2, 0.25) is 0 Å². The standard InChI is InChI=1S/C23H24ClN3O3S/c1-2-26-21(28)19(22(29)27(23(26)31)17-9-7-16(24)8-10-17)15-18-11-12-20(30-18)25-13-5-3-4-6-14-25/h7-12,15H,2-6,13-14H2,1H3/b19-15+. The first-order valence-corrected chi connectivity index (χ1v) is 11.3. The number of hydrogen-bond acceptors (Lipinski definition) is 5. The van der Waals surface area contributed by atoms with Gasteiger partial charge in [-0.25, -0.2) is 0 Å². The molecule has 0 saturated carbocycles. The van der Waals surface area contributed by atoms with E-state index in [1.54, 1.807) is 30.3 Å². The summed E-state index contributed by atoms with van der Waals surface area (Å²) in [5.41, 5.74) is 0.572. The van der Waals surface area contributed by atoms with Gasteiger partial charge in [-0.3, -0.25) is 19.4 Å². The lowest BCUT2D eigenvalue weighted by Gasteiger charge is -2.35. The Balaban J connectivity index is 1.66. The predicted octanol–water partition coefficient (Wildman–Crippen LogP) is 4.88. The maximum atomic E-state index is 13.3. The molecule has 2 saturated heterocycles. The smallest absolute Gasteiger partial charge is 0.270 e. The third-order valence-corrected chi connectivity index (χ3v) is 6.20. The van der Waals surface area contributed by atoms with Gasteiger partial charge in [0.15, 0.2) is 11.0 Å². The van der Waals surface area contributed by atoms with Gasteiger partial charge in [-0.05, 0) is 68.4 Å². The molecule has 0 N–H and O–H groups in total. The Kier molecular flexibility index (Phi) is 6.43. The highest BCUT2D eigenvalue weighted by Gasteiger charge is 2.39. The molecule has 1 aromatic heterocycles. The van der Waals surface area contributed by atoms with Crippen molar-refractivity contribution in [3.8, 4) is 0 Å². The zero-order valence-electron chi connectivity index (χ0n) is 17.3. The average molecular weight is 458 g/mol. The molecule has 4 rings (SSSR count). The van der Waals surface area contributed by atoms with Gasteiger partial charge >= 0.3 is 0 Å². The van der Waals surface area contributed by atoms with Crippen molar-refractivity contribution in [1.29, 1.82) is 0 Å². The van der Waals surface area contributed by atoms with Crippen LogP contribution < -0.4 is 9.80 Å². The van der Waals surface area contributed by atoms with Crippen molar-refractivity contribution in [2.45, 2.75) is 32.6 Å². The molecule has 6 nitrogen and oxygen atoms in total. The molecular formula is C23H24ClN3O3S. The van der Waals surface area contributed by atoms with Crippen molar-refractivity contribution in [3.05, 3.63) is 52.8 Å². The van der Waals surface area contributed by atoms with E-state index >= 15 is 0 Å². The van der Waals surface area contributed by atoms with E-state index in [0.717, 1.165) is 31.8 Å². The van der Waals surface area contributed by atoms with E-state index in [-0.39, 0.29) is 10.7 Å². The van der Waals surface area contributed by atoms with Gasteiger partial charge in [-0.15, -0.1) is 0 Å². The molecule has 0 aliphatic carbocycles. The van der Waals surface area contributed by atoms with Crippen molar-refractivity contribution in [3.63, 3.8) is 0 Å². The Bertz CT molecular complexity index is 1020. The molecule has 3 heterocycles. The van der Waals surface area contributed by atoms with Crippen LogP contribution in [-0.4, -0.2) is 41.5 Å². The number of anilines is 2. The topological polar surface area (TPSA) is 57.0 Å². The molecule has 8 heteroatoms. The summed E-state index contributed by atoms with van der Waals surface area (Å²) in [6, 6.07) is 10.5. The first-order valence-electron chi connectivity index (χ1n) is 10.5. The average Bonchev–Trinajstić information content (AvgIpc) is 3.05. The monoisotopic (exact) mass is 457 g/mol. The van der Waals surface area contributed by atoms with Gasteiger partial charge < -0.3 is 9.32 Å². The zero-order valence-corrected chi connectivity index (χ0v) is 18.9. The van der Waals surface area contributed by atoms with Crippen molar-refractivity contribution in [2.75, 3.05) is 29.4 Å². The molecule has 2 fully saturated rings. The molecule has 1 aromatic carbocycles. The molecule has 2 aliphatic rings. The highest BCUT2D eigenvalue weighted by molar-refractivity contribution is 7.80. The van der Waals surface area contributed by atoms with Gasteiger partial charge in [-0.1, -0.05) is 24.4 Å². The zero-order chi connectivity index (χ0) is 22.0. The summed E-state index contributed by atoms with van der Waals surface area (Å²) >= 11 is 11.4. The van der Waals surface area contributed by atoms with Crippen LogP contribution in [0.5, 0.6) is 0 Å². The van der Waals surface area contributed by atoms with Gasteiger partial charge in [0.1, 0.15) is 11.3 Å². The molecule has 31 heavy (non-hydrogen) atoms. The first kappa shape index (κ1) is 21.6. The van der Waals surface area contributed by atoms with Crippen molar-refractivity contribution < 1.29 is 14.0 Å². The lowest BCUT2D eigenvalue weighted by molar-refractivity contribution is -0.127. The fourth-order valence-corrected chi connectivity index (χ4v) is 4.42. The number of furan rings is 1. The largest absolute Gasteiger partial charge is 0.441 e. The second-order valence-corrected chi connectivity index (χ2v) is 8.39. The first-order chi connectivity index (χ1) is 15.0. The molecule has 0 spiro atoms. The number of halogens is 1. The highest BCUT2D eigenvalue weighted by Crippen LogP contribution is 2.29. The Labute approximate surface area is 192 Å². The minimum Gasteiger partial charge on any atom is -0.441 e. The van der Waals surface area contributed by atoms with E-state index in [0.29, 0.717) is 23.0 Å². The van der Waals surface area contributed by atoms with E-state index < -0.39 is 11.8 Å². The quantitative estimate of drug-likeness (QED) is 0.372. The molecule has 2 aromatic rings. The van der Waals surface area contributed by atoms with Gasteiger partial charge in [0, 0.05) is 30.7 Å². The molecule has 2 amide bonds. The second-order valence-electron chi connectivity index (χ2n) is 7.58. The van der Waals surface area contributed by atoms with E-state index in [4.69, 9.17) is 28.2 Å². The summed E-state index contributed by atoms with van der Waals surface area (Å²) in [5.74, 6) is 0.336. The Morgan fingerprint density at radius 3 is 2.32 bits per heavy atom. The number of amides is 2. The van der Waals surface area contributed by atoms with Crippen LogP contribution in [0.15, 0.2) is 46.4 Å². The third kappa shape index (κ3) is 4.38. The lowest BCUT2D eigenvalue weighted by Crippen LogP contribution is -2.56. The Hall–Kier alpha value is -2.64. The van der Waals surface area contributed by atoms with Crippen molar-refractivity contribution in [1.82, 2.24) is 4.90 Å². The number of rotatable bonds is 4. The van der Waals surface area contributed by atoms with Gasteiger partial charge in [0.25, 0.3) is 11.8 Å². The number of likely N-dealkylation sites (N-methyl/N-ethyl adjacent to an activating group) is 1. The maximum Gasteiger partial charge on any atom is 0.270 e. The minimum atomic E-state index is -0.477. The molecule has 0 unspecified atom stereocenters. The molecule has 0 radical (unpaired) electrons. The maximum absolute atomic E-state index is 13.3. The van der Waals surface area contributed by atoms with E-state index in [2.05, 4.69) is 4.90 Å². The third-order valence-electron chi connectivity index (χ3n) is 5.55. The summed E-state index contributed by atoms with van der Waals surface area (Å²) < 4.78 is 5.99. The SMILES string of the molecule is CCN1C(=O)/C(=C\c2ccc(N3CCCCCC3)o2)C(=O)N(c2ccc(Cl)cc2)C1=S. The summed E-state index contributed by atoms with van der Waals surface area (Å²) in [4.78, 5) is 31.3. The van der Waals surface area contributed by atoms with E-state index in [1.807, 2.05) is 13.0 Å².